The van der Waals surface area contributed by atoms with E-state index in [2.05, 4.69) is 8.64 Å². The van der Waals surface area contributed by atoms with Crippen molar-refractivity contribution < 1.29 is 0 Å². The van der Waals surface area contributed by atoms with E-state index < -0.39 is 0 Å². The van der Waals surface area contributed by atoms with Gasteiger partial charge in [0.1, 0.15) is 0 Å². The first-order chi connectivity index (χ1) is 2.91. The van der Waals surface area contributed by atoms with Crippen LogP contribution in [0.4, 0.5) is 0 Å². The topological polar surface area (TPSA) is 48.2 Å². The van der Waals surface area contributed by atoms with Gasteiger partial charge >= 0.3 is 0 Å². The number of hydrogen-bond donors (Lipinski definition) is 2. The van der Waals surface area contributed by atoms with Crippen LogP contribution in [0.3, 0.4) is 0 Å². The van der Waals surface area contributed by atoms with E-state index in [1.807, 2.05) is 22.9 Å². The fraction of sp³-hybridized carbons (Fsp3) is 1.00. The molecule has 0 aliphatic heterocycles. The zero-order chi connectivity index (χ0) is 4.83. The van der Waals surface area contributed by atoms with Crippen LogP contribution in [0, 0.1) is 5.53 Å². The minimum absolute atomic E-state index is 0.586. The largest absolute Gasteiger partial charge is 0.259 e. The lowest BCUT2D eigenvalue weighted by Gasteiger charge is -1.83. The van der Waals surface area contributed by atoms with Crippen molar-refractivity contribution in [2.45, 2.75) is 0 Å². The summed E-state index contributed by atoms with van der Waals surface area (Å²) in [6.07, 6.45) is 0. The highest BCUT2D eigenvalue weighted by Crippen LogP contribution is 1.68. The summed E-state index contributed by atoms with van der Waals surface area (Å²) in [5.74, 6) is 0. The Hall–Kier alpha value is 0.290. The van der Waals surface area contributed by atoms with Crippen molar-refractivity contribution in [2.24, 2.45) is 5.11 Å². The van der Waals surface area contributed by atoms with Gasteiger partial charge < -0.3 is 0 Å². The molecule has 3 nitrogen and oxygen atoms in total. The molecule has 0 unspecified atom stereocenters. The molecule has 0 saturated carbocycles. The molecule has 0 atom stereocenters. The molecule has 0 heterocycles. The fourth-order valence-electron chi connectivity index (χ4n) is 0.0982. The summed E-state index contributed by atoms with van der Waals surface area (Å²) in [5.41, 5.74) is 6.29. The second-order valence-corrected chi connectivity index (χ2v) is 1.53. The van der Waals surface area contributed by atoms with Crippen molar-refractivity contribution in [1.82, 2.24) is 3.53 Å². The summed E-state index contributed by atoms with van der Waals surface area (Å²) < 4.78 is 2.82. The van der Waals surface area contributed by atoms with Gasteiger partial charge in [-0.3, -0.25) is 3.53 Å². The van der Waals surface area contributed by atoms with Gasteiger partial charge in [0.15, 0.2) is 0 Å². The predicted octanol–water partition coefficient (Wildman–Crippen LogP) is 0.957. The molecular formula is C2H6IN3. The van der Waals surface area contributed by atoms with Crippen LogP contribution in [-0.4, -0.2) is 13.1 Å². The average molecular weight is 199 g/mol. The Bertz CT molecular complexity index is 37.8. The van der Waals surface area contributed by atoms with Gasteiger partial charge in [-0.05, 0) is 0 Å². The van der Waals surface area contributed by atoms with Crippen LogP contribution in [0.5, 0.6) is 0 Å². The summed E-state index contributed by atoms with van der Waals surface area (Å²) in [6, 6.07) is 0. The molecule has 0 fully saturated rings. The third-order valence-electron chi connectivity index (χ3n) is 0.318. The first-order valence-electron chi connectivity index (χ1n) is 1.58. The maximum absolute atomic E-state index is 6.29. The molecule has 0 amide bonds. The lowest BCUT2D eigenvalue weighted by Crippen LogP contribution is -2.01. The minimum atomic E-state index is 0.586. The predicted molar refractivity (Wildman–Crippen MR) is 32.0 cm³/mol. The van der Waals surface area contributed by atoms with Crippen molar-refractivity contribution >= 4 is 22.9 Å². The first-order valence-corrected chi connectivity index (χ1v) is 2.66. The zero-order valence-corrected chi connectivity index (χ0v) is 5.40. The first kappa shape index (κ1) is 6.29. The highest BCUT2D eigenvalue weighted by molar-refractivity contribution is 14.1. The highest BCUT2D eigenvalue weighted by Gasteiger charge is 1.72. The average Bonchev–Trinajstić information content (AvgIpc) is 1.61. The normalized spacial score (nSPS) is 8.17. The highest BCUT2D eigenvalue weighted by atomic mass is 127. The molecule has 0 rings (SSSR count). The molecular weight excluding hydrogens is 193 g/mol. The Morgan fingerprint density at radius 2 is 2.50 bits per heavy atom. The van der Waals surface area contributed by atoms with Crippen LogP contribution in [-0.2, 0) is 0 Å². The van der Waals surface area contributed by atoms with Gasteiger partial charge in [-0.2, -0.15) is 5.11 Å². The fourth-order valence-corrected chi connectivity index (χ4v) is 0.339. The molecule has 2 N–H and O–H groups in total. The number of rotatable bonds is 3. The Morgan fingerprint density at radius 1 is 1.83 bits per heavy atom. The SMILES string of the molecule is N=NCCNI. The molecule has 0 aliphatic carbocycles. The molecule has 0 spiro atoms. The van der Waals surface area contributed by atoms with Crippen molar-refractivity contribution in [3.05, 3.63) is 0 Å². The van der Waals surface area contributed by atoms with Crippen molar-refractivity contribution in [3.8, 4) is 0 Å². The molecule has 0 bridgehead atoms. The summed E-state index contributed by atoms with van der Waals surface area (Å²) in [6.45, 7) is 1.38. The van der Waals surface area contributed by atoms with E-state index in [-0.39, 0.29) is 0 Å². The minimum Gasteiger partial charge on any atom is -0.259 e. The zero-order valence-electron chi connectivity index (χ0n) is 3.24. The maximum atomic E-state index is 6.29. The molecule has 6 heavy (non-hydrogen) atoms. The quantitative estimate of drug-likeness (QED) is 0.302. The molecule has 0 aromatic heterocycles. The summed E-state index contributed by atoms with van der Waals surface area (Å²) in [7, 11) is 0. The molecule has 0 aromatic carbocycles. The number of halogens is 1. The van der Waals surface area contributed by atoms with Gasteiger partial charge in [-0.15, -0.1) is 0 Å². The molecule has 0 saturated heterocycles. The van der Waals surface area contributed by atoms with Crippen LogP contribution in [0.2, 0.25) is 0 Å². The van der Waals surface area contributed by atoms with Crippen LogP contribution >= 0.6 is 22.9 Å². The second kappa shape index (κ2) is 5.29. The molecule has 4 heteroatoms. The van der Waals surface area contributed by atoms with Crippen molar-refractivity contribution in [3.63, 3.8) is 0 Å². The lowest BCUT2D eigenvalue weighted by molar-refractivity contribution is 0.856. The van der Waals surface area contributed by atoms with E-state index in [1.54, 1.807) is 0 Å². The Morgan fingerprint density at radius 3 is 2.67 bits per heavy atom. The maximum Gasteiger partial charge on any atom is 0.0729 e. The Labute approximate surface area is 50.5 Å². The van der Waals surface area contributed by atoms with E-state index in [4.69, 9.17) is 5.53 Å². The van der Waals surface area contributed by atoms with E-state index in [0.717, 1.165) is 6.54 Å². The van der Waals surface area contributed by atoms with Gasteiger partial charge in [0.25, 0.3) is 0 Å². The van der Waals surface area contributed by atoms with Gasteiger partial charge in [0.05, 0.1) is 6.54 Å². The van der Waals surface area contributed by atoms with Crippen LogP contribution in [0.25, 0.3) is 0 Å². The summed E-state index contributed by atoms with van der Waals surface area (Å²) in [5, 5.41) is 3.11. The third kappa shape index (κ3) is 4.29. The second-order valence-electron chi connectivity index (χ2n) is 0.765. The van der Waals surface area contributed by atoms with Crippen LogP contribution in [0.15, 0.2) is 5.11 Å². The summed E-state index contributed by atoms with van der Waals surface area (Å²) >= 11 is 2.02. The van der Waals surface area contributed by atoms with Gasteiger partial charge in [0, 0.05) is 29.4 Å². The molecule has 0 aliphatic rings. The van der Waals surface area contributed by atoms with Gasteiger partial charge in [0.2, 0.25) is 0 Å². The smallest absolute Gasteiger partial charge is 0.0729 e. The van der Waals surface area contributed by atoms with Gasteiger partial charge in [-0.1, -0.05) is 0 Å². The van der Waals surface area contributed by atoms with E-state index >= 15 is 0 Å². The number of nitrogens with one attached hydrogen (secondary N) is 2. The standard InChI is InChI=1S/C2H6IN3/c3-5-1-2-6-4/h4-5H,1-2H2. The monoisotopic (exact) mass is 199 g/mol. The Kier molecular flexibility index (Phi) is 5.55. The molecule has 0 aromatic rings. The molecule has 0 radical (unpaired) electrons. The summed E-state index contributed by atoms with van der Waals surface area (Å²) in [4.78, 5) is 0. The van der Waals surface area contributed by atoms with Crippen LogP contribution in [0.1, 0.15) is 0 Å². The number of nitrogens with zero attached hydrogens (tertiary/aromatic N) is 1. The van der Waals surface area contributed by atoms with Crippen molar-refractivity contribution in [2.75, 3.05) is 13.1 Å². The molecule has 36 valence electrons. The Balaban J connectivity index is 2.49. The third-order valence-corrected chi connectivity index (χ3v) is 0.857. The van der Waals surface area contributed by atoms with Crippen LogP contribution < -0.4 is 3.53 Å². The van der Waals surface area contributed by atoms with Crippen molar-refractivity contribution in [1.29, 1.82) is 5.53 Å². The number of hydrogen-bond acceptors (Lipinski definition) is 3. The van der Waals surface area contributed by atoms with E-state index in [9.17, 15) is 0 Å². The lowest BCUT2D eigenvalue weighted by atomic mass is 10.7. The van der Waals surface area contributed by atoms with E-state index in [0.29, 0.717) is 6.54 Å². The van der Waals surface area contributed by atoms with E-state index in [1.165, 1.54) is 0 Å². The van der Waals surface area contributed by atoms with Gasteiger partial charge in [-0.25, -0.2) is 5.53 Å².